The van der Waals surface area contributed by atoms with Gasteiger partial charge in [0.2, 0.25) is 0 Å². The fourth-order valence-corrected chi connectivity index (χ4v) is 2.40. The summed E-state index contributed by atoms with van der Waals surface area (Å²) in [7, 11) is 1.91. The number of fused-ring (bicyclic) bond motifs is 1. The molecule has 0 radical (unpaired) electrons. The maximum Gasteiger partial charge on any atom is 0.317 e. The number of aromatic nitrogens is 2. The Hall–Kier alpha value is -1.88. The van der Waals surface area contributed by atoms with Crippen molar-refractivity contribution >= 4 is 16.9 Å². The molecule has 2 rings (SSSR count). The molecule has 1 aromatic heterocycles. The van der Waals surface area contributed by atoms with E-state index >= 15 is 0 Å². The van der Waals surface area contributed by atoms with Crippen LogP contribution >= 0.6 is 0 Å². The van der Waals surface area contributed by atoms with Crippen LogP contribution in [0.1, 0.15) is 26.0 Å². The van der Waals surface area contributed by atoms with Gasteiger partial charge in [-0.2, -0.15) is 5.10 Å². The Labute approximate surface area is 118 Å². The second-order valence-electron chi connectivity index (χ2n) is 5.14. The van der Waals surface area contributed by atoms with Gasteiger partial charge in [-0.25, -0.2) is 0 Å². The summed E-state index contributed by atoms with van der Waals surface area (Å²) in [5.74, 6) is -0.800. The van der Waals surface area contributed by atoms with Crippen molar-refractivity contribution in [1.82, 2.24) is 14.7 Å². The van der Waals surface area contributed by atoms with E-state index in [9.17, 15) is 4.79 Å². The van der Waals surface area contributed by atoms with Crippen LogP contribution in [0.5, 0.6) is 0 Å². The highest BCUT2D eigenvalue weighted by Crippen LogP contribution is 2.20. The zero-order valence-corrected chi connectivity index (χ0v) is 12.2. The quantitative estimate of drug-likeness (QED) is 0.878. The van der Waals surface area contributed by atoms with Crippen molar-refractivity contribution in [1.29, 1.82) is 0 Å². The van der Waals surface area contributed by atoms with E-state index in [4.69, 9.17) is 5.11 Å². The molecule has 0 saturated heterocycles. The highest BCUT2D eigenvalue weighted by atomic mass is 16.4. The highest BCUT2D eigenvalue weighted by Gasteiger charge is 2.19. The van der Waals surface area contributed by atoms with Gasteiger partial charge in [0.05, 0.1) is 17.8 Å². The molecule has 1 N–H and O–H groups in total. The summed E-state index contributed by atoms with van der Waals surface area (Å²) in [6.07, 6.45) is 0.915. The van der Waals surface area contributed by atoms with E-state index in [2.05, 4.69) is 12.0 Å². The molecule has 1 atom stereocenters. The summed E-state index contributed by atoms with van der Waals surface area (Å²) >= 11 is 0. The number of carboxylic acid groups (broad SMARTS) is 1. The van der Waals surface area contributed by atoms with Gasteiger partial charge in [0.1, 0.15) is 0 Å². The average molecular weight is 275 g/mol. The minimum absolute atomic E-state index is 0.0416. The number of carbonyl (C=O) groups is 1. The van der Waals surface area contributed by atoms with Crippen molar-refractivity contribution in [3.63, 3.8) is 0 Å². The van der Waals surface area contributed by atoms with E-state index in [1.807, 2.05) is 47.8 Å². The Kier molecular flexibility index (Phi) is 4.39. The van der Waals surface area contributed by atoms with Gasteiger partial charge >= 0.3 is 5.97 Å². The molecule has 0 bridgehead atoms. The predicted octanol–water partition coefficient (Wildman–Crippen LogP) is 2.26. The summed E-state index contributed by atoms with van der Waals surface area (Å²) in [6, 6.07) is 8.24. The molecule has 1 unspecified atom stereocenters. The monoisotopic (exact) mass is 275 g/mol. The summed E-state index contributed by atoms with van der Waals surface area (Å²) in [5.41, 5.74) is 2.01. The van der Waals surface area contributed by atoms with E-state index < -0.39 is 5.97 Å². The normalized spacial score (nSPS) is 13.0. The molecule has 0 spiro atoms. The highest BCUT2D eigenvalue weighted by molar-refractivity contribution is 5.81. The minimum Gasteiger partial charge on any atom is -0.480 e. The van der Waals surface area contributed by atoms with Crippen LogP contribution in [-0.2, 0) is 18.4 Å². The first-order valence-corrected chi connectivity index (χ1v) is 6.89. The number of nitrogens with zero attached hydrogens (tertiary/aromatic N) is 3. The second kappa shape index (κ2) is 6.05. The first-order valence-electron chi connectivity index (χ1n) is 6.89. The van der Waals surface area contributed by atoms with Crippen molar-refractivity contribution in [2.45, 2.75) is 32.9 Å². The Morgan fingerprint density at radius 1 is 1.45 bits per heavy atom. The van der Waals surface area contributed by atoms with Crippen LogP contribution in [0.25, 0.3) is 10.9 Å². The zero-order chi connectivity index (χ0) is 14.7. The standard InChI is InChI=1S/C15H21N3O2/c1-4-11(2)18(10-15(19)20)9-13-12-7-5-6-8-14(12)17(3)16-13/h5-8,11H,4,9-10H2,1-3H3,(H,19,20). The van der Waals surface area contributed by atoms with Crippen LogP contribution < -0.4 is 0 Å². The van der Waals surface area contributed by atoms with Crippen LogP contribution in [0.3, 0.4) is 0 Å². The Balaban J connectivity index is 2.30. The van der Waals surface area contributed by atoms with Gasteiger partial charge < -0.3 is 5.11 Å². The van der Waals surface area contributed by atoms with Gasteiger partial charge in [-0.15, -0.1) is 0 Å². The van der Waals surface area contributed by atoms with Crippen LogP contribution in [0, 0.1) is 0 Å². The van der Waals surface area contributed by atoms with Crippen LogP contribution in [0.2, 0.25) is 0 Å². The molecule has 5 nitrogen and oxygen atoms in total. The molecule has 5 heteroatoms. The Bertz CT molecular complexity index is 606. The smallest absolute Gasteiger partial charge is 0.317 e. The number of hydrogen-bond donors (Lipinski definition) is 1. The minimum atomic E-state index is -0.800. The number of carboxylic acids is 1. The lowest BCUT2D eigenvalue weighted by molar-refractivity contribution is -0.139. The van der Waals surface area contributed by atoms with Gasteiger partial charge in [0.25, 0.3) is 0 Å². The third-order valence-electron chi connectivity index (χ3n) is 3.74. The third kappa shape index (κ3) is 2.99. The van der Waals surface area contributed by atoms with Gasteiger partial charge in [0.15, 0.2) is 0 Å². The lowest BCUT2D eigenvalue weighted by Gasteiger charge is -2.25. The summed E-state index contributed by atoms with van der Waals surface area (Å²) in [5, 5.41) is 14.7. The van der Waals surface area contributed by atoms with Gasteiger partial charge in [-0.05, 0) is 19.4 Å². The van der Waals surface area contributed by atoms with Crippen molar-refractivity contribution in [3.8, 4) is 0 Å². The van der Waals surface area contributed by atoms with Gasteiger partial charge in [0, 0.05) is 25.0 Å². The lowest BCUT2D eigenvalue weighted by atomic mass is 10.1. The topological polar surface area (TPSA) is 58.4 Å². The van der Waals surface area contributed by atoms with Crippen LogP contribution in [0.15, 0.2) is 24.3 Å². The average Bonchev–Trinajstić information content (AvgIpc) is 2.74. The second-order valence-corrected chi connectivity index (χ2v) is 5.14. The molecular formula is C15H21N3O2. The number of aryl methyl sites for hydroxylation is 1. The maximum atomic E-state index is 11.0. The third-order valence-corrected chi connectivity index (χ3v) is 3.74. The maximum absolute atomic E-state index is 11.0. The van der Waals surface area contributed by atoms with Crippen molar-refractivity contribution < 1.29 is 9.90 Å². The Morgan fingerprint density at radius 3 is 2.80 bits per heavy atom. The first kappa shape index (κ1) is 14.5. The summed E-state index contributed by atoms with van der Waals surface area (Å²) < 4.78 is 1.85. The Morgan fingerprint density at radius 2 is 2.15 bits per heavy atom. The van der Waals surface area contributed by atoms with Gasteiger partial charge in [-0.3, -0.25) is 14.4 Å². The predicted molar refractivity (Wildman–Crippen MR) is 78.5 cm³/mol. The fraction of sp³-hybridized carbons (Fsp3) is 0.467. The lowest BCUT2D eigenvalue weighted by Crippen LogP contribution is -2.36. The van der Waals surface area contributed by atoms with E-state index in [1.165, 1.54) is 0 Å². The molecule has 20 heavy (non-hydrogen) atoms. The van der Waals surface area contributed by atoms with E-state index in [-0.39, 0.29) is 12.6 Å². The van der Waals surface area contributed by atoms with E-state index in [1.54, 1.807) is 0 Å². The molecule has 0 aliphatic rings. The molecule has 0 aliphatic carbocycles. The van der Waals surface area contributed by atoms with E-state index in [0.29, 0.717) is 6.54 Å². The molecule has 1 aromatic carbocycles. The molecule has 0 saturated carbocycles. The van der Waals surface area contributed by atoms with Gasteiger partial charge in [-0.1, -0.05) is 25.1 Å². The van der Waals surface area contributed by atoms with E-state index in [0.717, 1.165) is 23.0 Å². The summed E-state index contributed by atoms with van der Waals surface area (Å²) in [4.78, 5) is 13.0. The molecule has 2 aromatic rings. The molecule has 0 amide bonds. The molecule has 0 fully saturated rings. The first-order chi connectivity index (χ1) is 9.52. The molecule has 1 heterocycles. The fourth-order valence-electron chi connectivity index (χ4n) is 2.40. The van der Waals surface area contributed by atoms with Crippen molar-refractivity contribution in [2.75, 3.05) is 6.54 Å². The zero-order valence-electron chi connectivity index (χ0n) is 12.2. The van der Waals surface area contributed by atoms with Crippen molar-refractivity contribution in [2.24, 2.45) is 7.05 Å². The number of hydrogen-bond acceptors (Lipinski definition) is 3. The largest absolute Gasteiger partial charge is 0.480 e. The molecule has 0 aliphatic heterocycles. The number of aliphatic carboxylic acids is 1. The number of rotatable bonds is 6. The SMILES string of the molecule is CCC(C)N(CC(=O)O)Cc1nn(C)c2ccccc12. The molecular weight excluding hydrogens is 254 g/mol. The van der Waals surface area contributed by atoms with Crippen molar-refractivity contribution in [3.05, 3.63) is 30.0 Å². The number of para-hydroxylation sites is 1. The molecule has 108 valence electrons. The van der Waals surface area contributed by atoms with Crippen LogP contribution in [0.4, 0.5) is 0 Å². The van der Waals surface area contributed by atoms with Crippen LogP contribution in [-0.4, -0.2) is 38.3 Å². The number of benzene rings is 1. The summed E-state index contributed by atoms with van der Waals surface area (Å²) in [6.45, 7) is 4.71.